The monoisotopic (exact) mass is 499 g/mol. The van der Waals surface area contributed by atoms with Crippen LogP contribution in [0.4, 0.5) is 10.5 Å². The van der Waals surface area contributed by atoms with Crippen molar-refractivity contribution in [2.75, 3.05) is 18.0 Å². The lowest BCUT2D eigenvalue weighted by atomic mass is 10.00. The van der Waals surface area contributed by atoms with Crippen molar-refractivity contribution < 1.29 is 17.9 Å². The van der Waals surface area contributed by atoms with Gasteiger partial charge in [-0.15, -0.1) is 0 Å². The van der Waals surface area contributed by atoms with Gasteiger partial charge in [-0.3, -0.25) is 4.90 Å². The van der Waals surface area contributed by atoms with E-state index in [-0.39, 0.29) is 28.8 Å². The number of carbonyl (C=O) groups excluding carboxylic acids is 1. The van der Waals surface area contributed by atoms with Crippen LogP contribution in [0.3, 0.4) is 0 Å². The Balaban J connectivity index is 1.54. The van der Waals surface area contributed by atoms with Gasteiger partial charge < -0.3 is 4.74 Å². The number of nitrogens with zero attached hydrogens (tertiary/aromatic N) is 3. The first-order valence-corrected chi connectivity index (χ1v) is 11.8. The molecule has 2 aromatic rings. The van der Waals surface area contributed by atoms with Crippen molar-refractivity contribution in [1.82, 2.24) is 9.29 Å². The Morgan fingerprint density at radius 1 is 1.28 bits per heavy atom. The minimum atomic E-state index is -3.69. The molecule has 0 aliphatic carbocycles. The number of hydrogen-bond acceptors (Lipinski definition) is 5. The molecular formula is C19H19BrClN3O4S. The fraction of sp³-hybridized carbons (Fsp3) is 0.368. The lowest BCUT2D eigenvalue weighted by Gasteiger charge is -2.40. The van der Waals surface area contributed by atoms with Gasteiger partial charge >= 0.3 is 6.09 Å². The maximum Gasteiger partial charge on any atom is 0.414 e. The number of hydrogen-bond donors (Lipinski definition) is 0. The standard InChI is InChI=1S/C19H19BrClN3O4S/c1-12-3-2-4-13-11-28-19(25)24(17(12)13)14-5-7-23(8-6-14)29(26,27)15-9-16(20)18(21)22-10-15/h2-4,9-10,14H,5-8,11H2,1H3. The largest absolute Gasteiger partial charge is 0.444 e. The highest BCUT2D eigenvalue weighted by molar-refractivity contribution is 9.10. The van der Waals surface area contributed by atoms with Crippen molar-refractivity contribution in [3.8, 4) is 0 Å². The Morgan fingerprint density at radius 3 is 2.69 bits per heavy atom. The number of aryl methyl sites for hydroxylation is 1. The molecule has 0 atom stereocenters. The van der Waals surface area contributed by atoms with Crippen molar-refractivity contribution in [2.24, 2.45) is 0 Å². The highest BCUT2D eigenvalue weighted by Gasteiger charge is 2.37. The summed E-state index contributed by atoms with van der Waals surface area (Å²) in [6.45, 7) is 2.84. The molecule has 0 unspecified atom stereocenters. The van der Waals surface area contributed by atoms with Crippen LogP contribution < -0.4 is 4.90 Å². The summed E-state index contributed by atoms with van der Waals surface area (Å²) in [5, 5.41) is 0.209. The molecule has 10 heteroatoms. The minimum absolute atomic E-state index is 0.0887. The highest BCUT2D eigenvalue weighted by atomic mass is 79.9. The minimum Gasteiger partial charge on any atom is -0.444 e. The van der Waals surface area contributed by atoms with E-state index >= 15 is 0 Å². The predicted molar refractivity (Wildman–Crippen MR) is 113 cm³/mol. The number of rotatable bonds is 3. The molecular weight excluding hydrogens is 482 g/mol. The molecule has 1 amide bonds. The van der Waals surface area contributed by atoms with Gasteiger partial charge in [0.25, 0.3) is 0 Å². The van der Waals surface area contributed by atoms with E-state index in [0.717, 1.165) is 16.8 Å². The lowest BCUT2D eigenvalue weighted by molar-refractivity contribution is 0.135. The maximum atomic E-state index is 13.0. The quantitative estimate of drug-likeness (QED) is 0.593. The van der Waals surface area contributed by atoms with Crippen LogP contribution in [0.1, 0.15) is 24.0 Å². The molecule has 1 saturated heterocycles. The second-order valence-corrected chi connectivity index (χ2v) is 10.2. The Bertz CT molecular complexity index is 1070. The van der Waals surface area contributed by atoms with Crippen LogP contribution >= 0.6 is 27.5 Å². The lowest BCUT2D eigenvalue weighted by Crippen LogP contribution is -2.50. The predicted octanol–water partition coefficient (Wildman–Crippen LogP) is 4.12. The van der Waals surface area contributed by atoms with Crippen LogP contribution in [0, 0.1) is 6.92 Å². The summed E-state index contributed by atoms with van der Waals surface area (Å²) in [5.74, 6) is 0. The Hall–Kier alpha value is -1.68. The zero-order valence-electron chi connectivity index (χ0n) is 15.6. The molecule has 0 saturated carbocycles. The van der Waals surface area contributed by atoms with Crippen LogP contribution in [0.15, 0.2) is 39.8 Å². The van der Waals surface area contributed by atoms with Crippen molar-refractivity contribution >= 4 is 49.3 Å². The normalized spacial score (nSPS) is 18.4. The molecule has 3 heterocycles. The van der Waals surface area contributed by atoms with Crippen molar-refractivity contribution in [1.29, 1.82) is 0 Å². The smallest absolute Gasteiger partial charge is 0.414 e. The first-order chi connectivity index (χ1) is 13.8. The van der Waals surface area contributed by atoms with Gasteiger partial charge in [0.2, 0.25) is 10.0 Å². The Morgan fingerprint density at radius 2 is 2.00 bits per heavy atom. The number of cyclic esters (lactones) is 1. The van der Waals surface area contributed by atoms with Gasteiger partial charge in [-0.2, -0.15) is 4.31 Å². The van der Waals surface area contributed by atoms with Crippen LogP contribution in [0.2, 0.25) is 5.15 Å². The van der Waals surface area contributed by atoms with E-state index in [2.05, 4.69) is 20.9 Å². The van der Waals surface area contributed by atoms with Crippen LogP contribution in [-0.4, -0.2) is 42.9 Å². The van der Waals surface area contributed by atoms with Crippen LogP contribution in [0.5, 0.6) is 0 Å². The maximum absolute atomic E-state index is 13.0. The molecule has 0 N–H and O–H groups in total. The zero-order chi connectivity index (χ0) is 20.8. The number of sulfonamides is 1. The van der Waals surface area contributed by atoms with E-state index < -0.39 is 10.0 Å². The molecule has 0 spiro atoms. The summed E-state index contributed by atoms with van der Waals surface area (Å²) >= 11 is 9.09. The molecule has 29 heavy (non-hydrogen) atoms. The van der Waals surface area contributed by atoms with Crippen LogP contribution in [-0.2, 0) is 21.4 Å². The SMILES string of the molecule is Cc1cccc2c1N(C1CCN(S(=O)(=O)c3cnc(Cl)c(Br)c3)CC1)C(=O)OC2. The van der Waals surface area contributed by atoms with E-state index in [1.807, 2.05) is 25.1 Å². The molecule has 154 valence electrons. The highest BCUT2D eigenvalue weighted by Crippen LogP contribution is 2.35. The number of fused-ring (bicyclic) bond motifs is 1. The molecule has 7 nitrogen and oxygen atoms in total. The molecule has 0 radical (unpaired) electrons. The van der Waals surface area contributed by atoms with Gasteiger partial charge in [-0.25, -0.2) is 18.2 Å². The average molecular weight is 501 g/mol. The average Bonchev–Trinajstić information content (AvgIpc) is 2.70. The van der Waals surface area contributed by atoms with E-state index in [1.165, 1.54) is 16.6 Å². The Labute approximate surface area is 182 Å². The first kappa shape index (κ1) is 20.6. The number of halogens is 2. The van der Waals surface area contributed by atoms with E-state index in [4.69, 9.17) is 16.3 Å². The number of amides is 1. The molecule has 2 aliphatic heterocycles. The van der Waals surface area contributed by atoms with Crippen LogP contribution in [0.25, 0.3) is 0 Å². The third-order valence-corrected chi connectivity index (χ3v) is 8.31. The van der Waals surface area contributed by atoms with E-state index in [1.54, 1.807) is 4.90 Å². The molecule has 1 fully saturated rings. The second kappa shape index (κ2) is 7.86. The fourth-order valence-electron chi connectivity index (χ4n) is 3.85. The first-order valence-electron chi connectivity index (χ1n) is 9.14. The fourth-order valence-corrected chi connectivity index (χ4v) is 5.89. The second-order valence-electron chi connectivity index (χ2n) is 7.09. The molecule has 2 aliphatic rings. The molecule has 1 aromatic carbocycles. The van der Waals surface area contributed by atoms with E-state index in [0.29, 0.717) is 30.4 Å². The number of aromatic nitrogens is 1. The Kier molecular flexibility index (Phi) is 5.58. The van der Waals surface area contributed by atoms with Crippen molar-refractivity contribution in [3.63, 3.8) is 0 Å². The van der Waals surface area contributed by atoms with Gasteiger partial charge in [0.15, 0.2) is 0 Å². The summed E-state index contributed by atoms with van der Waals surface area (Å²) < 4.78 is 33.1. The van der Waals surface area contributed by atoms with Gasteiger partial charge in [0.05, 0.1) is 10.2 Å². The van der Waals surface area contributed by atoms with Gasteiger partial charge in [0, 0.05) is 30.9 Å². The topological polar surface area (TPSA) is 79.8 Å². The number of pyridine rings is 1. The molecule has 0 bridgehead atoms. The summed E-state index contributed by atoms with van der Waals surface area (Å²) in [7, 11) is -3.69. The summed E-state index contributed by atoms with van der Waals surface area (Å²) in [6, 6.07) is 7.20. The number of carbonyl (C=O) groups is 1. The number of piperidine rings is 1. The van der Waals surface area contributed by atoms with Gasteiger partial charge in [-0.1, -0.05) is 29.8 Å². The third kappa shape index (κ3) is 3.76. The molecule has 4 rings (SSSR count). The number of ether oxygens (including phenoxy) is 1. The van der Waals surface area contributed by atoms with Crippen molar-refractivity contribution in [2.45, 2.75) is 37.3 Å². The number of para-hydroxylation sites is 1. The third-order valence-electron chi connectivity index (χ3n) is 5.31. The van der Waals surface area contributed by atoms with E-state index in [9.17, 15) is 13.2 Å². The zero-order valence-corrected chi connectivity index (χ0v) is 18.8. The van der Waals surface area contributed by atoms with Crippen molar-refractivity contribution in [3.05, 3.63) is 51.2 Å². The van der Waals surface area contributed by atoms with Gasteiger partial charge in [0.1, 0.15) is 16.7 Å². The number of anilines is 1. The van der Waals surface area contributed by atoms with Gasteiger partial charge in [-0.05, 0) is 47.3 Å². The number of benzene rings is 1. The molecule has 1 aromatic heterocycles. The summed E-state index contributed by atoms with van der Waals surface area (Å²) in [6.07, 6.45) is 1.92. The summed E-state index contributed by atoms with van der Waals surface area (Å²) in [5.41, 5.74) is 2.86. The summed E-state index contributed by atoms with van der Waals surface area (Å²) in [4.78, 5) is 18.2.